The summed E-state index contributed by atoms with van der Waals surface area (Å²) in [5.74, 6) is 0.401. The number of carbonyl (C=O) groups excluding carboxylic acids is 1. The van der Waals surface area contributed by atoms with Crippen molar-refractivity contribution in [2.24, 2.45) is 0 Å². The number of rotatable bonds is 7. The van der Waals surface area contributed by atoms with Gasteiger partial charge in [-0.3, -0.25) is 4.79 Å². The summed E-state index contributed by atoms with van der Waals surface area (Å²) >= 11 is 0. The minimum absolute atomic E-state index is 0.0186. The van der Waals surface area contributed by atoms with E-state index in [-0.39, 0.29) is 24.4 Å². The van der Waals surface area contributed by atoms with Gasteiger partial charge in [-0.15, -0.1) is 0 Å². The molecular formula is C18H19FN2O4. The predicted octanol–water partition coefficient (Wildman–Crippen LogP) is 2.20. The van der Waals surface area contributed by atoms with E-state index in [2.05, 4.69) is 10.3 Å². The van der Waals surface area contributed by atoms with Gasteiger partial charge in [-0.2, -0.15) is 0 Å². The van der Waals surface area contributed by atoms with Crippen molar-refractivity contribution in [1.29, 1.82) is 0 Å². The van der Waals surface area contributed by atoms with E-state index >= 15 is 0 Å². The van der Waals surface area contributed by atoms with Gasteiger partial charge in [-0.25, -0.2) is 9.37 Å². The molecule has 1 aromatic heterocycles. The Labute approximate surface area is 144 Å². The smallest absolute Gasteiger partial charge is 0.251 e. The van der Waals surface area contributed by atoms with Crippen LogP contribution in [-0.2, 0) is 4.74 Å². The van der Waals surface area contributed by atoms with Gasteiger partial charge in [0.2, 0.25) is 5.88 Å². The molecule has 1 N–H and O–H groups in total. The molecule has 0 spiro atoms. The molecule has 132 valence electrons. The Kier molecular flexibility index (Phi) is 5.79. The topological polar surface area (TPSA) is 69.7 Å². The summed E-state index contributed by atoms with van der Waals surface area (Å²) in [6.07, 6.45) is 2.34. The second-order valence-corrected chi connectivity index (χ2v) is 5.54. The quantitative estimate of drug-likeness (QED) is 0.779. The fraction of sp³-hybridized carbons (Fsp3) is 0.333. The molecule has 0 aliphatic carbocycles. The Balaban J connectivity index is 1.45. The molecule has 1 aliphatic heterocycles. The Bertz CT molecular complexity index is 702. The lowest BCUT2D eigenvalue weighted by molar-refractivity contribution is 0.0945. The summed E-state index contributed by atoms with van der Waals surface area (Å²) < 4.78 is 29.2. The molecule has 1 amide bonds. The van der Waals surface area contributed by atoms with Crippen molar-refractivity contribution in [3.05, 3.63) is 54.0 Å². The van der Waals surface area contributed by atoms with Crippen LogP contribution in [0.5, 0.6) is 11.6 Å². The lowest BCUT2D eigenvalue weighted by atomic mass is 10.2. The van der Waals surface area contributed by atoms with Crippen LogP contribution in [-0.4, -0.2) is 43.4 Å². The number of hydrogen-bond donors (Lipinski definition) is 1. The van der Waals surface area contributed by atoms with Crippen LogP contribution in [0.25, 0.3) is 0 Å². The Morgan fingerprint density at radius 3 is 2.92 bits per heavy atom. The lowest BCUT2D eigenvalue weighted by Gasteiger charge is -2.12. The first-order valence-corrected chi connectivity index (χ1v) is 8.08. The monoisotopic (exact) mass is 346 g/mol. The molecule has 2 heterocycles. The Morgan fingerprint density at radius 2 is 2.16 bits per heavy atom. The normalized spacial score (nSPS) is 16.4. The minimum atomic E-state index is -0.319. The molecule has 1 atom stereocenters. The molecule has 1 fully saturated rings. The number of carbonyl (C=O) groups is 1. The van der Waals surface area contributed by atoms with Gasteiger partial charge in [0.15, 0.2) is 0 Å². The van der Waals surface area contributed by atoms with Crippen LogP contribution in [0.4, 0.5) is 4.39 Å². The average molecular weight is 346 g/mol. The lowest BCUT2D eigenvalue weighted by Crippen LogP contribution is -2.28. The van der Waals surface area contributed by atoms with Crippen molar-refractivity contribution in [2.45, 2.75) is 12.5 Å². The number of hydrogen-bond acceptors (Lipinski definition) is 5. The fourth-order valence-electron chi connectivity index (χ4n) is 2.36. The number of halogens is 1. The van der Waals surface area contributed by atoms with Crippen LogP contribution >= 0.6 is 0 Å². The molecule has 6 nitrogen and oxygen atoms in total. The molecule has 0 saturated carbocycles. The summed E-state index contributed by atoms with van der Waals surface area (Å²) in [5, 5.41) is 2.76. The molecule has 0 unspecified atom stereocenters. The third kappa shape index (κ3) is 5.15. The summed E-state index contributed by atoms with van der Waals surface area (Å²) in [6.45, 7) is 1.83. The highest BCUT2D eigenvalue weighted by molar-refractivity contribution is 5.94. The highest BCUT2D eigenvalue weighted by Gasteiger charge is 2.18. The molecule has 1 aromatic carbocycles. The van der Waals surface area contributed by atoms with Gasteiger partial charge in [0.1, 0.15) is 24.3 Å². The zero-order valence-corrected chi connectivity index (χ0v) is 13.6. The molecule has 1 aliphatic rings. The first-order chi connectivity index (χ1) is 12.2. The number of ether oxygens (including phenoxy) is 3. The van der Waals surface area contributed by atoms with E-state index in [4.69, 9.17) is 14.2 Å². The molecule has 25 heavy (non-hydrogen) atoms. The van der Waals surface area contributed by atoms with Gasteiger partial charge in [0, 0.05) is 24.2 Å². The van der Waals surface area contributed by atoms with Crippen LogP contribution in [0.3, 0.4) is 0 Å². The highest BCUT2D eigenvalue weighted by Crippen LogP contribution is 2.15. The third-order valence-electron chi connectivity index (χ3n) is 3.64. The van der Waals surface area contributed by atoms with Crippen molar-refractivity contribution >= 4 is 5.91 Å². The average Bonchev–Trinajstić information content (AvgIpc) is 3.13. The predicted molar refractivity (Wildman–Crippen MR) is 88.3 cm³/mol. The summed E-state index contributed by atoms with van der Waals surface area (Å²) in [7, 11) is 0. The summed E-state index contributed by atoms with van der Waals surface area (Å²) in [5.41, 5.74) is 0.464. The van der Waals surface area contributed by atoms with Gasteiger partial charge in [0.05, 0.1) is 19.8 Å². The molecule has 2 aromatic rings. The maximum Gasteiger partial charge on any atom is 0.251 e. The summed E-state index contributed by atoms with van der Waals surface area (Å²) in [4.78, 5) is 16.3. The molecule has 0 radical (unpaired) electrons. The molecule has 0 bridgehead atoms. The zero-order valence-electron chi connectivity index (χ0n) is 13.6. The van der Waals surface area contributed by atoms with Crippen molar-refractivity contribution in [1.82, 2.24) is 10.3 Å². The minimum Gasteiger partial charge on any atom is -0.492 e. The van der Waals surface area contributed by atoms with Crippen LogP contribution in [0.1, 0.15) is 16.8 Å². The second kappa shape index (κ2) is 8.43. The summed E-state index contributed by atoms with van der Waals surface area (Å²) in [6, 6.07) is 8.94. The first kappa shape index (κ1) is 17.2. The fourth-order valence-corrected chi connectivity index (χ4v) is 2.36. The largest absolute Gasteiger partial charge is 0.492 e. The van der Waals surface area contributed by atoms with E-state index in [0.717, 1.165) is 6.42 Å². The molecular weight excluding hydrogens is 327 g/mol. The zero-order chi connectivity index (χ0) is 17.5. The van der Waals surface area contributed by atoms with Gasteiger partial charge in [-0.05, 0) is 30.3 Å². The maximum absolute atomic E-state index is 12.8. The highest BCUT2D eigenvalue weighted by atomic mass is 19.1. The van der Waals surface area contributed by atoms with Crippen molar-refractivity contribution in [3.8, 4) is 11.6 Å². The maximum atomic E-state index is 12.8. The molecule has 1 saturated heterocycles. The van der Waals surface area contributed by atoms with Crippen LogP contribution < -0.4 is 14.8 Å². The number of nitrogens with zero attached hydrogens (tertiary/aromatic N) is 1. The van der Waals surface area contributed by atoms with Crippen molar-refractivity contribution in [3.63, 3.8) is 0 Å². The van der Waals surface area contributed by atoms with Crippen LogP contribution in [0.2, 0.25) is 0 Å². The molecule has 7 heteroatoms. The van der Waals surface area contributed by atoms with E-state index in [0.29, 0.717) is 37.0 Å². The number of aromatic nitrogens is 1. The molecule has 3 rings (SSSR count). The number of benzene rings is 1. The van der Waals surface area contributed by atoms with E-state index in [1.807, 2.05) is 0 Å². The van der Waals surface area contributed by atoms with Gasteiger partial charge >= 0.3 is 0 Å². The van der Waals surface area contributed by atoms with E-state index in [1.54, 1.807) is 12.1 Å². The SMILES string of the molecule is O=C(NCCOc1ccc(F)cc1)c1ccnc(O[C@@H]2CCOC2)c1. The number of nitrogens with one attached hydrogen (secondary N) is 1. The second-order valence-electron chi connectivity index (χ2n) is 5.54. The Hall–Kier alpha value is -2.67. The Morgan fingerprint density at radius 1 is 1.32 bits per heavy atom. The number of pyridine rings is 1. The van der Waals surface area contributed by atoms with Gasteiger partial charge in [0.25, 0.3) is 5.91 Å². The van der Waals surface area contributed by atoms with E-state index in [9.17, 15) is 9.18 Å². The van der Waals surface area contributed by atoms with Crippen LogP contribution in [0, 0.1) is 5.82 Å². The number of amides is 1. The van der Waals surface area contributed by atoms with Crippen molar-refractivity contribution in [2.75, 3.05) is 26.4 Å². The van der Waals surface area contributed by atoms with Crippen molar-refractivity contribution < 1.29 is 23.4 Å². The van der Waals surface area contributed by atoms with Gasteiger partial charge < -0.3 is 19.5 Å². The first-order valence-electron chi connectivity index (χ1n) is 8.08. The standard InChI is InChI=1S/C18H19FN2O4/c19-14-1-3-15(4-2-14)24-10-8-21-18(22)13-5-7-20-17(11-13)25-16-6-9-23-12-16/h1-5,7,11,16H,6,8-10,12H2,(H,21,22)/t16-/m1/s1. The van der Waals surface area contributed by atoms with Crippen LogP contribution in [0.15, 0.2) is 42.6 Å². The van der Waals surface area contributed by atoms with Gasteiger partial charge in [-0.1, -0.05) is 0 Å². The third-order valence-corrected chi connectivity index (χ3v) is 3.64. The van der Waals surface area contributed by atoms with E-state index in [1.165, 1.54) is 30.5 Å². The van der Waals surface area contributed by atoms with E-state index < -0.39 is 0 Å².